The van der Waals surface area contributed by atoms with Gasteiger partial charge in [-0.1, -0.05) is 32.0 Å². The zero-order chi connectivity index (χ0) is 23.4. The Balaban J connectivity index is 1.70. The van der Waals surface area contributed by atoms with Gasteiger partial charge in [-0.05, 0) is 36.2 Å². The van der Waals surface area contributed by atoms with Gasteiger partial charge in [0, 0.05) is 42.5 Å². The average molecular weight is 490 g/mol. The van der Waals surface area contributed by atoms with Gasteiger partial charge in [-0.15, -0.1) is 11.8 Å². The summed E-state index contributed by atoms with van der Waals surface area (Å²) in [5.74, 6) is 0.675. The molecule has 2 aliphatic rings. The van der Waals surface area contributed by atoms with E-state index in [2.05, 4.69) is 22.3 Å². The highest BCUT2D eigenvalue weighted by atomic mass is 32.2. The Bertz CT molecular complexity index is 1100. The molecular weight excluding hydrogens is 458 g/mol. The second-order valence-electron chi connectivity index (χ2n) is 8.07. The topological polar surface area (TPSA) is 79.0 Å². The van der Waals surface area contributed by atoms with Gasteiger partial charge in [-0.25, -0.2) is 8.42 Å². The summed E-state index contributed by atoms with van der Waals surface area (Å²) in [5.41, 5.74) is 2.25. The minimum absolute atomic E-state index is 0.101. The van der Waals surface area contributed by atoms with E-state index in [0.717, 1.165) is 23.4 Å². The van der Waals surface area contributed by atoms with E-state index in [1.165, 1.54) is 15.3 Å². The molecule has 0 aliphatic carbocycles. The van der Waals surface area contributed by atoms with Crippen molar-refractivity contribution in [3.63, 3.8) is 0 Å². The van der Waals surface area contributed by atoms with Gasteiger partial charge in [-0.3, -0.25) is 4.79 Å². The van der Waals surface area contributed by atoms with Crippen LogP contribution in [0.5, 0.6) is 0 Å². The molecule has 0 radical (unpaired) electrons. The summed E-state index contributed by atoms with van der Waals surface area (Å²) in [6.45, 7) is 6.85. The quantitative estimate of drug-likeness (QED) is 0.641. The maximum atomic E-state index is 13.6. The van der Waals surface area contributed by atoms with E-state index in [1.807, 2.05) is 26.0 Å². The standard InChI is InChI=1S/C24H31N3O4S2/c1-3-27(4-2)33(29,30)18-9-10-22(26-12-14-31-15-13-26)20(17-18)24(28)25-21-11-16-32-23-8-6-5-7-19(21)23/h5-10,17,21H,3-4,11-16H2,1-2H3,(H,25,28). The van der Waals surface area contributed by atoms with Crippen LogP contribution in [-0.2, 0) is 14.8 Å². The van der Waals surface area contributed by atoms with E-state index >= 15 is 0 Å². The Kier molecular flexibility index (Phi) is 7.63. The SMILES string of the molecule is CCN(CC)S(=O)(=O)c1ccc(N2CCOCC2)c(C(=O)NC2CCSc3ccccc32)c1. The number of sulfonamides is 1. The van der Waals surface area contributed by atoms with Crippen LogP contribution < -0.4 is 10.2 Å². The molecule has 2 heterocycles. The van der Waals surface area contributed by atoms with E-state index in [0.29, 0.717) is 45.0 Å². The lowest BCUT2D eigenvalue weighted by Crippen LogP contribution is -2.39. The first-order valence-corrected chi connectivity index (χ1v) is 13.9. The van der Waals surface area contributed by atoms with E-state index in [-0.39, 0.29) is 16.8 Å². The van der Waals surface area contributed by atoms with Gasteiger partial charge in [0.15, 0.2) is 0 Å². The summed E-state index contributed by atoms with van der Waals surface area (Å²) in [6.07, 6.45) is 0.831. The largest absolute Gasteiger partial charge is 0.378 e. The Hall–Kier alpha value is -2.07. The molecule has 1 amide bonds. The fraction of sp³-hybridized carbons (Fsp3) is 0.458. The number of nitrogens with zero attached hydrogens (tertiary/aromatic N) is 2. The summed E-state index contributed by atoms with van der Waals surface area (Å²) < 4.78 is 33.2. The van der Waals surface area contributed by atoms with Crippen LogP contribution in [0.3, 0.4) is 0 Å². The molecule has 33 heavy (non-hydrogen) atoms. The predicted molar refractivity (Wildman–Crippen MR) is 132 cm³/mol. The van der Waals surface area contributed by atoms with Gasteiger partial charge < -0.3 is 15.0 Å². The Morgan fingerprint density at radius 1 is 1.15 bits per heavy atom. The van der Waals surface area contributed by atoms with Crippen molar-refractivity contribution >= 4 is 33.4 Å². The number of hydrogen-bond acceptors (Lipinski definition) is 6. The summed E-state index contributed by atoms with van der Waals surface area (Å²) >= 11 is 1.80. The number of benzene rings is 2. The summed E-state index contributed by atoms with van der Waals surface area (Å²) in [5, 5.41) is 3.19. The predicted octanol–water partition coefficient (Wildman–Crippen LogP) is 3.52. The Morgan fingerprint density at radius 3 is 2.61 bits per heavy atom. The number of ether oxygens (including phenoxy) is 1. The second-order valence-corrected chi connectivity index (χ2v) is 11.1. The molecule has 0 spiro atoms. The smallest absolute Gasteiger partial charge is 0.253 e. The highest BCUT2D eigenvalue weighted by Gasteiger charge is 2.28. The molecule has 4 rings (SSSR count). The summed E-state index contributed by atoms with van der Waals surface area (Å²) in [4.78, 5) is 17.0. The first kappa shape index (κ1) is 24.1. The van der Waals surface area contributed by atoms with Crippen LogP contribution >= 0.6 is 11.8 Å². The van der Waals surface area contributed by atoms with Gasteiger partial charge >= 0.3 is 0 Å². The van der Waals surface area contributed by atoms with Gasteiger partial charge in [0.25, 0.3) is 5.91 Å². The van der Waals surface area contributed by atoms with Crippen LogP contribution in [0, 0.1) is 0 Å². The molecule has 0 saturated carbocycles. The number of morpholine rings is 1. The van der Waals surface area contributed by atoms with Crippen molar-refractivity contribution in [2.75, 3.05) is 50.0 Å². The zero-order valence-electron chi connectivity index (χ0n) is 19.1. The van der Waals surface area contributed by atoms with E-state index in [1.54, 1.807) is 23.9 Å². The lowest BCUT2D eigenvalue weighted by atomic mass is 10.0. The second kappa shape index (κ2) is 10.5. The minimum Gasteiger partial charge on any atom is -0.378 e. The van der Waals surface area contributed by atoms with Crippen LogP contribution in [0.2, 0.25) is 0 Å². The van der Waals surface area contributed by atoms with Crippen LogP contribution in [0.25, 0.3) is 0 Å². The van der Waals surface area contributed by atoms with Crippen LogP contribution in [0.1, 0.15) is 42.2 Å². The molecular formula is C24H31N3O4S2. The highest BCUT2D eigenvalue weighted by molar-refractivity contribution is 7.99. The third-order valence-corrected chi connectivity index (χ3v) is 9.34. The Labute approximate surface area is 200 Å². The van der Waals surface area contributed by atoms with E-state index < -0.39 is 10.0 Å². The molecule has 2 aromatic rings. The number of anilines is 1. The number of nitrogens with one attached hydrogen (secondary N) is 1. The van der Waals surface area contributed by atoms with Crippen LogP contribution in [-0.4, -0.2) is 63.8 Å². The minimum atomic E-state index is -3.68. The van der Waals surface area contributed by atoms with Crippen LogP contribution in [0.15, 0.2) is 52.3 Å². The monoisotopic (exact) mass is 489 g/mol. The molecule has 7 nitrogen and oxygen atoms in total. The van der Waals surface area contributed by atoms with Gasteiger partial charge in [0.05, 0.1) is 29.7 Å². The van der Waals surface area contributed by atoms with Gasteiger partial charge in [-0.2, -0.15) is 4.31 Å². The molecule has 2 aromatic carbocycles. The molecule has 0 aromatic heterocycles. The first-order chi connectivity index (χ1) is 16.0. The number of rotatable bonds is 7. The molecule has 9 heteroatoms. The van der Waals surface area contributed by atoms with E-state index in [9.17, 15) is 13.2 Å². The molecule has 2 aliphatic heterocycles. The lowest BCUT2D eigenvalue weighted by molar-refractivity contribution is 0.0933. The fourth-order valence-corrected chi connectivity index (χ4v) is 6.99. The normalized spacial score (nSPS) is 18.8. The van der Waals surface area contributed by atoms with Crippen molar-refractivity contribution in [1.82, 2.24) is 9.62 Å². The average Bonchev–Trinajstić information content (AvgIpc) is 2.85. The molecule has 1 saturated heterocycles. The number of amides is 1. The highest BCUT2D eigenvalue weighted by Crippen LogP contribution is 2.36. The number of carbonyl (C=O) groups is 1. The number of fused-ring (bicyclic) bond motifs is 1. The van der Waals surface area contributed by atoms with Crippen molar-refractivity contribution < 1.29 is 17.9 Å². The van der Waals surface area contributed by atoms with Crippen molar-refractivity contribution in [3.8, 4) is 0 Å². The molecule has 1 unspecified atom stereocenters. The maximum absolute atomic E-state index is 13.6. The van der Waals surface area contributed by atoms with Gasteiger partial charge in [0.2, 0.25) is 10.0 Å². The maximum Gasteiger partial charge on any atom is 0.253 e. The van der Waals surface area contributed by atoms with Crippen molar-refractivity contribution in [2.45, 2.75) is 36.1 Å². The van der Waals surface area contributed by atoms with Crippen LogP contribution in [0.4, 0.5) is 5.69 Å². The van der Waals surface area contributed by atoms with Gasteiger partial charge in [0.1, 0.15) is 0 Å². The summed E-state index contributed by atoms with van der Waals surface area (Å²) in [7, 11) is -3.68. The number of thioether (sulfide) groups is 1. The number of carbonyl (C=O) groups excluding carboxylic acids is 1. The molecule has 1 fully saturated rings. The van der Waals surface area contributed by atoms with E-state index in [4.69, 9.17) is 4.74 Å². The summed E-state index contributed by atoms with van der Waals surface area (Å²) in [6, 6.07) is 12.9. The van der Waals surface area contributed by atoms with Crippen molar-refractivity contribution in [2.24, 2.45) is 0 Å². The molecule has 178 valence electrons. The molecule has 0 bridgehead atoms. The third-order valence-electron chi connectivity index (χ3n) is 6.17. The van der Waals surface area contributed by atoms with Crippen molar-refractivity contribution in [3.05, 3.63) is 53.6 Å². The molecule has 1 atom stereocenters. The fourth-order valence-electron chi connectivity index (χ4n) is 4.38. The zero-order valence-corrected chi connectivity index (χ0v) is 20.8. The Morgan fingerprint density at radius 2 is 1.88 bits per heavy atom. The third kappa shape index (κ3) is 5.06. The lowest BCUT2D eigenvalue weighted by Gasteiger charge is -2.31. The first-order valence-electron chi connectivity index (χ1n) is 11.4. The molecule has 1 N–H and O–H groups in total. The van der Waals surface area contributed by atoms with Crippen molar-refractivity contribution in [1.29, 1.82) is 0 Å². The number of hydrogen-bond donors (Lipinski definition) is 1.